The largest absolute Gasteiger partial charge is 0.447 e. The van der Waals surface area contributed by atoms with Crippen molar-refractivity contribution in [3.8, 4) is 11.4 Å². The fourth-order valence-electron chi connectivity index (χ4n) is 2.41. The van der Waals surface area contributed by atoms with Gasteiger partial charge in [-0.05, 0) is 54.9 Å². The molecule has 7 nitrogen and oxygen atoms in total. The highest BCUT2D eigenvalue weighted by Crippen LogP contribution is 2.43. The zero-order valence-corrected chi connectivity index (χ0v) is 17.9. The zero-order valence-electron chi connectivity index (χ0n) is 15.5. The predicted octanol–water partition coefficient (Wildman–Crippen LogP) is 5.39. The maximum atomic E-state index is 13.1. The number of amides is 1. The number of rotatable bonds is 4. The minimum absolute atomic E-state index is 0.0201. The smallest absolute Gasteiger partial charge is 0.444 e. The van der Waals surface area contributed by atoms with Gasteiger partial charge in [-0.15, -0.1) is 0 Å². The first kappa shape index (κ1) is 21.5. The monoisotopic (exact) mass is 492 g/mol. The number of nitrogens with one attached hydrogen (secondary N) is 1. The minimum Gasteiger partial charge on any atom is -0.444 e. The number of pyridine rings is 1. The number of nitrogens with zero attached hydrogens (tertiary/aromatic N) is 3. The van der Waals surface area contributed by atoms with Gasteiger partial charge in [-0.2, -0.15) is 18.2 Å². The molecule has 0 fully saturated rings. The van der Waals surface area contributed by atoms with Crippen molar-refractivity contribution in [2.75, 3.05) is 0 Å². The molecule has 0 saturated carbocycles. The van der Waals surface area contributed by atoms with E-state index in [1.54, 1.807) is 32.9 Å². The molecule has 0 aliphatic carbocycles. The zero-order chi connectivity index (χ0) is 21.4. The number of fused-ring (bicyclic) bond motifs is 1. The van der Waals surface area contributed by atoms with E-state index in [0.29, 0.717) is 9.99 Å². The van der Waals surface area contributed by atoms with Gasteiger partial charge in [0.1, 0.15) is 12.1 Å². The molecule has 3 aromatic rings. The molecule has 1 amide bonds. The third-order valence-electron chi connectivity index (χ3n) is 3.42. The van der Waals surface area contributed by atoms with Gasteiger partial charge >= 0.3 is 11.6 Å². The Morgan fingerprint density at radius 2 is 2.10 bits per heavy atom. The van der Waals surface area contributed by atoms with E-state index in [1.165, 1.54) is 16.7 Å². The van der Waals surface area contributed by atoms with E-state index < -0.39 is 17.2 Å². The molecule has 0 unspecified atom stereocenters. The fraction of sp³-hybridized carbons (Fsp3) is 0.353. The second-order valence-corrected chi connectivity index (χ2v) is 8.80. The van der Waals surface area contributed by atoms with Crippen LogP contribution in [0.25, 0.3) is 16.9 Å². The number of ether oxygens (including phenoxy) is 1. The van der Waals surface area contributed by atoms with E-state index in [1.807, 2.05) is 0 Å². The van der Waals surface area contributed by atoms with Crippen LogP contribution in [0.15, 0.2) is 38.4 Å². The van der Waals surface area contributed by atoms with E-state index in [0.717, 1.165) is 0 Å². The third-order valence-corrected chi connectivity index (χ3v) is 4.93. The summed E-state index contributed by atoms with van der Waals surface area (Å²) in [4.78, 5) is 15.8. The van der Waals surface area contributed by atoms with Crippen LogP contribution in [-0.4, -0.2) is 31.7 Å². The van der Waals surface area contributed by atoms with Crippen LogP contribution >= 0.6 is 27.7 Å². The van der Waals surface area contributed by atoms with Crippen LogP contribution in [0.3, 0.4) is 0 Å². The summed E-state index contributed by atoms with van der Waals surface area (Å²) in [6, 6.07) is 4.87. The molecule has 0 spiro atoms. The molecule has 3 aromatic heterocycles. The Morgan fingerprint density at radius 1 is 1.38 bits per heavy atom. The van der Waals surface area contributed by atoms with Crippen LogP contribution in [0.5, 0.6) is 0 Å². The Bertz CT molecular complexity index is 1040. The molecule has 0 bridgehead atoms. The van der Waals surface area contributed by atoms with Crippen molar-refractivity contribution in [3.05, 3.63) is 34.8 Å². The molecule has 156 valence electrons. The molecule has 0 atom stereocenters. The second kappa shape index (κ2) is 7.90. The van der Waals surface area contributed by atoms with Crippen LogP contribution in [0.4, 0.5) is 18.0 Å². The SMILES string of the molecule is CC(C)(C)OC(=O)NCc1nc(-c2cc3c(Br)cccn3c2SC(F)(F)F)no1. The molecule has 0 radical (unpaired) electrons. The number of carbonyl (C=O) groups is 1. The van der Waals surface area contributed by atoms with Gasteiger partial charge in [0.15, 0.2) is 0 Å². The van der Waals surface area contributed by atoms with Crippen molar-refractivity contribution in [3.63, 3.8) is 0 Å². The van der Waals surface area contributed by atoms with Gasteiger partial charge in [0.05, 0.1) is 16.1 Å². The summed E-state index contributed by atoms with van der Waals surface area (Å²) < 4.78 is 51.5. The molecular formula is C17H16BrF3N4O3S. The lowest BCUT2D eigenvalue weighted by Crippen LogP contribution is -2.32. The number of hydrogen-bond donors (Lipinski definition) is 1. The van der Waals surface area contributed by atoms with E-state index in [9.17, 15) is 18.0 Å². The van der Waals surface area contributed by atoms with E-state index in [4.69, 9.17) is 9.26 Å². The van der Waals surface area contributed by atoms with Crippen molar-refractivity contribution in [2.45, 2.75) is 43.5 Å². The Morgan fingerprint density at radius 3 is 2.76 bits per heavy atom. The van der Waals surface area contributed by atoms with Crippen molar-refractivity contribution < 1.29 is 27.2 Å². The van der Waals surface area contributed by atoms with Crippen LogP contribution in [0.2, 0.25) is 0 Å². The summed E-state index contributed by atoms with van der Waals surface area (Å²) in [6.07, 6.45) is 0.840. The summed E-state index contributed by atoms with van der Waals surface area (Å²) in [5.74, 6) is 0.0106. The molecule has 29 heavy (non-hydrogen) atoms. The van der Waals surface area contributed by atoms with Gasteiger partial charge in [0.2, 0.25) is 11.7 Å². The second-order valence-electron chi connectivity index (χ2n) is 6.89. The van der Waals surface area contributed by atoms with Gasteiger partial charge in [0, 0.05) is 22.4 Å². The summed E-state index contributed by atoms with van der Waals surface area (Å²) in [7, 11) is 0. The van der Waals surface area contributed by atoms with Crippen LogP contribution in [-0.2, 0) is 11.3 Å². The first-order valence-corrected chi connectivity index (χ1v) is 9.89. The molecular weight excluding hydrogens is 477 g/mol. The van der Waals surface area contributed by atoms with Crippen LogP contribution in [0.1, 0.15) is 26.7 Å². The number of carbonyl (C=O) groups excluding carboxylic acids is 1. The lowest BCUT2D eigenvalue weighted by atomic mass is 10.2. The lowest BCUT2D eigenvalue weighted by Gasteiger charge is -2.19. The average Bonchev–Trinajstić information content (AvgIpc) is 3.16. The standard InChI is InChI=1S/C17H16BrF3N4O3S/c1-16(2,3)27-15(26)22-8-12-23-13(24-28-12)9-7-11-10(18)5-4-6-25(11)14(9)29-17(19,20)21/h4-7H,8H2,1-3H3,(H,22,26). The van der Waals surface area contributed by atoms with Crippen LogP contribution < -0.4 is 5.32 Å². The lowest BCUT2D eigenvalue weighted by molar-refractivity contribution is -0.0329. The summed E-state index contributed by atoms with van der Waals surface area (Å²) in [6.45, 7) is 5.02. The van der Waals surface area contributed by atoms with Gasteiger partial charge in [-0.3, -0.25) is 0 Å². The highest BCUT2D eigenvalue weighted by molar-refractivity contribution is 9.10. The quantitative estimate of drug-likeness (QED) is 0.491. The Labute approximate surface area is 176 Å². The van der Waals surface area contributed by atoms with E-state index >= 15 is 0 Å². The van der Waals surface area contributed by atoms with Gasteiger partial charge in [-0.25, -0.2) is 4.79 Å². The number of aromatic nitrogens is 3. The summed E-state index contributed by atoms with van der Waals surface area (Å²) >= 11 is 3.06. The molecule has 1 N–H and O–H groups in total. The summed E-state index contributed by atoms with van der Waals surface area (Å²) in [5.41, 5.74) is -4.50. The van der Waals surface area contributed by atoms with Gasteiger partial charge in [0.25, 0.3) is 0 Å². The first-order chi connectivity index (χ1) is 13.4. The van der Waals surface area contributed by atoms with Crippen molar-refractivity contribution in [1.29, 1.82) is 0 Å². The maximum Gasteiger partial charge on any atom is 0.447 e. The van der Waals surface area contributed by atoms with Crippen molar-refractivity contribution in [1.82, 2.24) is 19.9 Å². The Hall–Kier alpha value is -2.21. The third kappa shape index (κ3) is 5.44. The molecule has 12 heteroatoms. The molecule has 3 rings (SSSR count). The van der Waals surface area contributed by atoms with Crippen molar-refractivity contribution in [2.24, 2.45) is 0 Å². The molecule has 0 aliphatic heterocycles. The van der Waals surface area contributed by atoms with Gasteiger partial charge < -0.3 is 19.0 Å². The van der Waals surface area contributed by atoms with Gasteiger partial charge in [-0.1, -0.05) is 5.16 Å². The van der Waals surface area contributed by atoms with Crippen LogP contribution in [0, 0.1) is 0 Å². The van der Waals surface area contributed by atoms with E-state index in [-0.39, 0.29) is 40.6 Å². The Balaban J connectivity index is 1.88. The summed E-state index contributed by atoms with van der Waals surface area (Å²) in [5, 5.41) is 6.12. The highest BCUT2D eigenvalue weighted by Gasteiger charge is 2.33. The maximum absolute atomic E-state index is 13.1. The molecule has 0 aliphatic rings. The topological polar surface area (TPSA) is 81.7 Å². The number of thioether (sulfide) groups is 1. The number of hydrogen-bond acceptors (Lipinski definition) is 6. The normalized spacial score (nSPS) is 12.4. The fourth-order valence-corrected chi connectivity index (χ4v) is 3.61. The molecule has 3 heterocycles. The number of alkyl halides is 3. The van der Waals surface area contributed by atoms with E-state index in [2.05, 4.69) is 31.4 Å². The van der Waals surface area contributed by atoms with Crippen molar-refractivity contribution >= 4 is 39.3 Å². The first-order valence-electron chi connectivity index (χ1n) is 8.28. The highest BCUT2D eigenvalue weighted by atomic mass is 79.9. The Kier molecular flexibility index (Phi) is 5.86. The predicted molar refractivity (Wildman–Crippen MR) is 103 cm³/mol. The molecule has 0 saturated heterocycles. The molecule has 0 aromatic carbocycles. The minimum atomic E-state index is -4.50. The number of halogens is 4. The number of alkyl carbamates (subject to hydrolysis) is 1. The average molecular weight is 493 g/mol.